The summed E-state index contributed by atoms with van der Waals surface area (Å²) >= 11 is 0. The molecule has 18 heavy (non-hydrogen) atoms. The summed E-state index contributed by atoms with van der Waals surface area (Å²) in [4.78, 5) is 4.07. The number of hydrogen-bond acceptors (Lipinski definition) is 4. The van der Waals surface area contributed by atoms with Crippen molar-refractivity contribution in [2.45, 2.75) is 25.9 Å². The number of fused-ring (bicyclic) bond motifs is 1. The quantitative estimate of drug-likeness (QED) is 0.723. The van der Waals surface area contributed by atoms with Crippen LogP contribution in [0.2, 0.25) is 0 Å². The normalized spacial score (nSPS) is 14.4. The molecular weight excluding hydrogens is 226 g/mol. The van der Waals surface area contributed by atoms with E-state index in [2.05, 4.69) is 10.3 Å². The molecule has 0 saturated carbocycles. The number of aromatic nitrogens is 1. The van der Waals surface area contributed by atoms with Gasteiger partial charge in [0, 0.05) is 29.7 Å². The summed E-state index contributed by atoms with van der Waals surface area (Å²) in [5, 5.41) is 15.2. The molecule has 2 rings (SSSR count). The van der Waals surface area contributed by atoms with Crippen LogP contribution >= 0.6 is 0 Å². The molecule has 0 saturated heterocycles. The van der Waals surface area contributed by atoms with Gasteiger partial charge in [-0.15, -0.1) is 0 Å². The lowest BCUT2D eigenvalue weighted by atomic mass is 10.0. The van der Waals surface area contributed by atoms with Gasteiger partial charge in [0.25, 0.3) is 0 Å². The fourth-order valence-electron chi connectivity index (χ4n) is 1.76. The third-order valence-electron chi connectivity index (χ3n) is 3.28. The third kappa shape index (κ3) is 2.54. The number of nitrogens with one attached hydrogen (secondary N) is 1. The first kappa shape index (κ1) is 12.6. The van der Waals surface area contributed by atoms with Crippen LogP contribution in [0.25, 0.3) is 10.8 Å². The highest BCUT2D eigenvalue weighted by atomic mass is 16.3. The van der Waals surface area contributed by atoms with Crippen LogP contribution in [0.3, 0.4) is 0 Å². The van der Waals surface area contributed by atoms with E-state index in [-0.39, 0.29) is 0 Å². The molecule has 1 unspecified atom stereocenters. The highest BCUT2D eigenvalue weighted by molar-refractivity contribution is 5.98. The van der Waals surface area contributed by atoms with Crippen molar-refractivity contribution in [2.24, 2.45) is 0 Å². The van der Waals surface area contributed by atoms with E-state index >= 15 is 0 Å². The van der Waals surface area contributed by atoms with Crippen LogP contribution in [-0.2, 0) is 0 Å². The van der Waals surface area contributed by atoms with Crippen molar-refractivity contribution in [1.82, 2.24) is 4.98 Å². The molecule has 96 valence electrons. The number of nitrogen functional groups attached to an aromatic ring is 1. The standard InChI is InChI=1S/C14H19N3O/c1-3-14(2,18)9-17-12-5-4-10-8-16-7-6-11(10)13(12)15/h4-8,17-18H,3,9,15H2,1-2H3. The Balaban J connectivity index is 2.27. The number of hydrogen-bond donors (Lipinski definition) is 3. The number of pyridine rings is 1. The molecule has 0 fully saturated rings. The summed E-state index contributed by atoms with van der Waals surface area (Å²) in [7, 11) is 0. The van der Waals surface area contributed by atoms with E-state index in [9.17, 15) is 5.11 Å². The second-order valence-corrected chi connectivity index (χ2v) is 4.83. The number of anilines is 2. The Hall–Kier alpha value is -1.81. The molecule has 1 aromatic heterocycles. The number of nitrogens with zero attached hydrogens (tertiary/aromatic N) is 1. The van der Waals surface area contributed by atoms with Gasteiger partial charge >= 0.3 is 0 Å². The van der Waals surface area contributed by atoms with Crippen molar-refractivity contribution in [3.63, 3.8) is 0 Å². The fraction of sp³-hybridized carbons (Fsp3) is 0.357. The Kier molecular flexibility index (Phi) is 3.39. The zero-order valence-corrected chi connectivity index (χ0v) is 10.8. The van der Waals surface area contributed by atoms with Gasteiger partial charge in [0.2, 0.25) is 0 Å². The van der Waals surface area contributed by atoms with E-state index in [1.807, 2.05) is 25.1 Å². The van der Waals surface area contributed by atoms with Crippen molar-refractivity contribution < 1.29 is 5.11 Å². The van der Waals surface area contributed by atoms with Gasteiger partial charge in [0.05, 0.1) is 17.0 Å². The van der Waals surface area contributed by atoms with Crippen molar-refractivity contribution >= 4 is 22.1 Å². The summed E-state index contributed by atoms with van der Waals surface area (Å²) in [6.07, 6.45) is 4.21. The molecule has 2 aromatic rings. The average molecular weight is 245 g/mol. The van der Waals surface area contributed by atoms with Crippen LogP contribution in [0.15, 0.2) is 30.6 Å². The van der Waals surface area contributed by atoms with Gasteiger partial charge in [-0.05, 0) is 25.5 Å². The van der Waals surface area contributed by atoms with Crippen LogP contribution in [0.5, 0.6) is 0 Å². The van der Waals surface area contributed by atoms with E-state index in [0.717, 1.165) is 16.5 Å². The number of rotatable bonds is 4. The SMILES string of the molecule is CCC(C)(O)CNc1ccc2cnccc2c1N. The van der Waals surface area contributed by atoms with Gasteiger partial charge in [-0.25, -0.2) is 0 Å². The van der Waals surface area contributed by atoms with Crippen molar-refractivity contribution in [3.8, 4) is 0 Å². The van der Waals surface area contributed by atoms with Crippen LogP contribution < -0.4 is 11.1 Å². The fourth-order valence-corrected chi connectivity index (χ4v) is 1.76. The first-order valence-corrected chi connectivity index (χ1v) is 6.12. The third-order valence-corrected chi connectivity index (χ3v) is 3.28. The Morgan fingerprint density at radius 3 is 2.89 bits per heavy atom. The van der Waals surface area contributed by atoms with Crippen molar-refractivity contribution in [2.75, 3.05) is 17.6 Å². The summed E-state index contributed by atoms with van der Waals surface area (Å²) < 4.78 is 0. The lowest BCUT2D eigenvalue weighted by Crippen LogP contribution is -2.32. The highest BCUT2D eigenvalue weighted by Crippen LogP contribution is 2.28. The Bertz CT molecular complexity index is 552. The maximum Gasteiger partial charge on any atom is 0.0788 e. The highest BCUT2D eigenvalue weighted by Gasteiger charge is 2.17. The number of benzene rings is 1. The predicted octanol–water partition coefficient (Wildman–Crippen LogP) is 2.39. The van der Waals surface area contributed by atoms with E-state index < -0.39 is 5.60 Å². The van der Waals surface area contributed by atoms with Crippen LogP contribution in [0.4, 0.5) is 11.4 Å². The molecule has 1 aromatic carbocycles. The van der Waals surface area contributed by atoms with E-state index in [0.29, 0.717) is 18.7 Å². The summed E-state index contributed by atoms with van der Waals surface area (Å²) in [6.45, 7) is 4.24. The molecule has 4 N–H and O–H groups in total. The molecule has 0 amide bonds. The zero-order valence-electron chi connectivity index (χ0n) is 10.8. The predicted molar refractivity (Wildman–Crippen MR) is 75.6 cm³/mol. The van der Waals surface area contributed by atoms with Gasteiger partial charge in [-0.2, -0.15) is 0 Å². The van der Waals surface area contributed by atoms with Crippen LogP contribution in [0, 0.1) is 0 Å². The summed E-state index contributed by atoms with van der Waals surface area (Å²) in [6, 6.07) is 5.79. The second kappa shape index (κ2) is 4.82. The van der Waals surface area contributed by atoms with Gasteiger partial charge in [0.1, 0.15) is 0 Å². The summed E-state index contributed by atoms with van der Waals surface area (Å²) in [5.74, 6) is 0. The number of nitrogens with two attached hydrogens (primary N) is 1. The van der Waals surface area contributed by atoms with Gasteiger partial charge in [-0.3, -0.25) is 4.98 Å². The van der Waals surface area contributed by atoms with Crippen LogP contribution in [0.1, 0.15) is 20.3 Å². The molecule has 1 atom stereocenters. The maximum atomic E-state index is 9.98. The molecule has 4 nitrogen and oxygen atoms in total. The zero-order chi connectivity index (χ0) is 13.2. The smallest absolute Gasteiger partial charge is 0.0788 e. The minimum atomic E-state index is -0.723. The van der Waals surface area contributed by atoms with Crippen molar-refractivity contribution in [1.29, 1.82) is 0 Å². The summed E-state index contributed by atoms with van der Waals surface area (Å²) in [5.41, 5.74) is 6.94. The average Bonchev–Trinajstić information content (AvgIpc) is 2.38. The monoisotopic (exact) mass is 245 g/mol. The van der Waals surface area contributed by atoms with Crippen molar-refractivity contribution in [3.05, 3.63) is 30.6 Å². The molecule has 0 spiro atoms. The Morgan fingerprint density at radius 2 is 2.17 bits per heavy atom. The molecule has 0 aliphatic carbocycles. The minimum absolute atomic E-state index is 0.476. The molecule has 0 bridgehead atoms. The van der Waals surface area contributed by atoms with Gasteiger partial charge < -0.3 is 16.2 Å². The molecule has 4 heteroatoms. The van der Waals surface area contributed by atoms with Crippen LogP contribution in [-0.4, -0.2) is 22.2 Å². The lowest BCUT2D eigenvalue weighted by Gasteiger charge is -2.23. The minimum Gasteiger partial charge on any atom is -0.397 e. The second-order valence-electron chi connectivity index (χ2n) is 4.83. The molecule has 1 heterocycles. The molecule has 0 aliphatic rings. The van der Waals surface area contributed by atoms with Gasteiger partial charge in [-0.1, -0.05) is 13.0 Å². The molecular formula is C14H19N3O. The Morgan fingerprint density at radius 1 is 1.39 bits per heavy atom. The first-order valence-electron chi connectivity index (χ1n) is 6.12. The topological polar surface area (TPSA) is 71.2 Å². The largest absolute Gasteiger partial charge is 0.397 e. The maximum absolute atomic E-state index is 9.98. The lowest BCUT2D eigenvalue weighted by molar-refractivity contribution is 0.0697. The molecule has 0 aliphatic heterocycles. The first-order chi connectivity index (χ1) is 8.53. The Labute approximate surface area is 107 Å². The number of aliphatic hydroxyl groups is 1. The van der Waals surface area contributed by atoms with Gasteiger partial charge in [0.15, 0.2) is 0 Å². The van der Waals surface area contributed by atoms with E-state index in [1.54, 1.807) is 19.3 Å². The molecule has 0 radical (unpaired) electrons. The van der Waals surface area contributed by atoms with E-state index in [1.165, 1.54) is 0 Å². The van der Waals surface area contributed by atoms with E-state index in [4.69, 9.17) is 5.73 Å².